The Labute approximate surface area is 259 Å². The summed E-state index contributed by atoms with van der Waals surface area (Å²) in [5.41, 5.74) is 3.01. The topological polar surface area (TPSA) is 92.8 Å². The van der Waals surface area contributed by atoms with Crippen molar-refractivity contribution in [3.05, 3.63) is 129 Å². The van der Waals surface area contributed by atoms with E-state index in [4.69, 9.17) is 16.3 Å². The van der Waals surface area contributed by atoms with Gasteiger partial charge < -0.3 is 10.1 Å². The van der Waals surface area contributed by atoms with Gasteiger partial charge in [-0.15, -0.1) is 0 Å². The lowest BCUT2D eigenvalue weighted by molar-refractivity contribution is -0.137. The molecule has 45 heavy (non-hydrogen) atoms. The van der Waals surface area contributed by atoms with Crippen molar-refractivity contribution in [2.75, 3.05) is 16.8 Å². The SMILES string of the molecule is O=C(COC(=O)c1cccc(N2C(=O)[C@H]3C4c5ccccc5C(c5ccccc54)[C@@H]3C2=O)c1)Nc1cc(C(F)(F)F)ccc1Cl. The summed E-state index contributed by atoms with van der Waals surface area (Å²) in [4.78, 5) is 54.4. The number of nitrogens with one attached hydrogen (secondary N) is 1. The second-order valence-corrected chi connectivity index (χ2v) is 11.6. The predicted molar refractivity (Wildman–Crippen MR) is 158 cm³/mol. The molecule has 0 aromatic heterocycles. The normalized spacial score (nSPS) is 21.2. The van der Waals surface area contributed by atoms with E-state index in [9.17, 15) is 32.3 Å². The third kappa shape index (κ3) is 4.67. The molecule has 4 aromatic carbocycles. The third-order valence-corrected chi connectivity index (χ3v) is 9.02. The summed E-state index contributed by atoms with van der Waals surface area (Å²) in [5, 5.41) is 2.08. The van der Waals surface area contributed by atoms with Gasteiger partial charge in [0, 0.05) is 11.8 Å². The van der Waals surface area contributed by atoms with Gasteiger partial charge in [0.15, 0.2) is 6.61 Å². The van der Waals surface area contributed by atoms with Crippen molar-refractivity contribution < 1.29 is 37.1 Å². The number of ether oxygens (including phenoxy) is 1. The quantitative estimate of drug-likeness (QED) is 0.199. The zero-order valence-electron chi connectivity index (χ0n) is 23.2. The van der Waals surface area contributed by atoms with Gasteiger partial charge in [0.25, 0.3) is 5.91 Å². The lowest BCUT2D eigenvalue weighted by Gasteiger charge is -2.45. The molecule has 4 aliphatic rings. The van der Waals surface area contributed by atoms with Gasteiger partial charge in [-0.1, -0.05) is 66.2 Å². The minimum absolute atomic E-state index is 0.0255. The average molecular weight is 631 g/mol. The van der Waals surface area contributed by atoms with Crippen LogP contribution in [0.25, 0.3) is 0 Å². The molecule has 1 N–H and O–H groups in total. The number of esters is 1. The smallest absolute Gasteiger partial charge is 0.416 e. The number of alkyl halides is 3. The van der Waals surface area contributed by atoms with Gasteiger partial charge in [0.2, 0.25) is 11.8 Å². The number of carbonyl (C=O) groups is 4. The van der Waals surface area contributed by atoms with Crippen molar-refractivity contribution >= 4 is 46.7 Å². The molecule has 8 rings (SSSR count). The van der Waals surface area contributed by atoms with Crippen LogP contribution in [-0.2, 0) is 25.3 Å². The van der Waals surface area contributed by atoms with Gasteiger partial charge in [-0.3, -0.25) is 14.4 Å². The van der Waals surface area contributed by atoms with E-state index in [0.717, 1.165) is 39.3 Å². The first kappa shape index (κ1) is 28.8. The highest BCUT2D eigenvalue weighted by molar-refractivity contribution is 6.33. The molecule has 1 heterocycles. The van der Waals surface area contributed by atoms with Crippen LogP contribution in [0.4, 0.5) is 24.5 Å². The largest absolute Gasteiger partial charge is 0.452 e. The monoisotopic (exact) mass is 630 g/mol. The Morgan fingerprint density at radius 1 is 0.778 bits per heavy atom. The van der Waals surface area contributed by atoms with Gasteiger partial charge in [-0.05, 0) is 58.7 Å². The minimum atomic E-state index is -4.65. The highest BCUT2D eigenvalue weighted by Gasteiger charge is 2.61. The maximum absolute atomic E-state index is 14.0. The first-order valence-corrected chi connectivity index (χ1v) is 14.4. The van der Waals surface area contributed by atoms with Gasteiger partial charge in [0.05, 0.1) is 39.4 Å². The zero-order valence-corrected chi connectivity index (χ0v) is 23.9. The van der Waals surface area contributed by atoms with Crippen LogP contribution in [0.1, 0.15) is 50.0 Å². The lowest BCUT2D eigenvalue weighted by atomic mass is 9.55. The van der Waals surface area contributed by atoms with Crippen molar-refractivity contribution in [1.82, 2.24) is 0 Å². The summed E-state index contributed by atoms with van der Waals surface area (Å²) in [5.74, 6) is -4.33. The molecule has 4 aromatic rings. The van der Waals surface area contributed by atoms with Gasteiger partial charge in [0.1, 0.15) is 0 Å². The van der Waals surface area contributed by atoms with Crippen molar-refractivity contribution in [3.63, 3.8) is 0 Å². The maximum Gasteiger partial charge on any atom is 0.416 e. The Hall–Kier alpha value is -4.96. The van der Waals surface area contributed by atoms with Crippen molar-refractivity contribution in [2.24, 2.45) is 11.8 Å². The summed E-state index contributed by atoms with van der Waals surface area (Å²) < 4.78 is 44.2. The fourth-order valence-corrected chi connectivity index (χ4v) is 7.07. The molecule has 1 saturated heterocycles. The number of anilines is 2. The van der Waals surface area contributed by atoms with Crippen molar-refractivity contribution in [2.45, 2.75) is 18.0 Å². The highest BCUT2D eigenvalue weighted by Crippen LogP contribution is 2.61. The Bertz CT molecular complexity index is 1810. The summed E-state index contributed by atoms with van der Waals surface area (Å²) in [7, 11) is 0. The average Bonchev–Trinajstić information content (AvgIpc) is 3.30. The molecule has 1 aliphatic heterocycles. The summed E-state index contributed by atoms with van der Waals surface area (Å²) in [6.07, 6.45) is -4.65. The van der Waals surface area contributed by atoms with E-state index >= 15 is 0 Å². The number of benzene rings is 4. The second-order valence-electron chi connectivity index (χ2n) is 11.1. The van der Waals surface area contributed by atoms with Crippen LogP contribution in [0.2, 0.25) is 5.02 Å². The molecule has 1 fully saturated rings. The van der Waals surface area contributed by atoms with Crippen LogP contribution < -0.4 is 10.2 Å². The second kappa shape index (κ2) is 10.6. The van der Waals surface area contributed by atoms with E-state index in [1.165, 1.54) is 18.2 Å². The van der Waals surface area contributed by atoms with E-state index in [0.29, 0.717) is 6.07 Å². The Morgan fingerprint density at radius 2 is 1.33 bits per heavy atom. The molecular weight excluding hydrogens is 609 g/mol. The molecule has 226 valence electrons. The van der Waals surface area contributed by atoms with Crippen LogP contribution in [0, 0.1) is 11.8 Å². The van der Waals surface area contributed by atoms with Crippen LogP contribution in [0.15, 0.2) is 91.0 Å². The maximum atomic E-state index is 14.0. The van der Waals surface area contributed by atoms with Gasteiger partial charge in [-0.2, -0.15) is 13.2 Å². The van der Waals surface area contributed by atoms with Crippen molar-refractivity contribution in [1.29, 1.82) is 0 Å². The molecule has 0 radical (unpaired) electrons. The molecule has 3 amide bonds. The van der Waals surface area contributed by atoms with E-state index in [1.54, 1.807) is 6.07 Å². The molecule has 11 heteroatoms. The molecule has 7 nitrogen and oxygen atoms in total. The molecule has 0 unspecified atom stereocenters. The van der Waals surface area contributed by atoms with Gasteiger partial charge >= 0.3 is 12.1 Å². The van der Waals surface area contributed by atoms with E-state index in [2.05, 4.69) is 5.32 Å². The molecular formula is C34H22ClF3N2O5. The van der Waals surface area contributed by atoms with Crippen LogP contribution in [0.5, 0.6) is 0 Å². The summed E-state index contributed by atoms with van der Waals surface area (Å²) in [6, 6.07) is 24.0. The van der Waals surface area contributed by atoms with E-state index in [1.807, 2.05) is 48.5 Å². The first-order chi connectivity index (χ1) is 21.5. The van der Waals surface area contributed by atoms with Crippen LogP contribution >= 0.6 is 11.6 Å². The van der Waals surface area contributed by atoms with Gasteiger partial charge in [-0.25, -0.2) is 9.69 Å². The Morgan fingerprint density at radius 3 is 1.87 bits per heavy atom. The molecule has 0 saturated carbocycles. The van der Waals surface area contributed by atoms with E-state index in [-0.39, 0.29) is 45.6 Å². The summed E-state index contributed by atoms with van der Waals surface area (Å²) in [6.45, 7) is -0.818. The number of hydrogen-bond donors (Lipinski definition) is 1. The number of amides is 3. The van der Waals surface area contributed by atoms with E-state index < -0.39 is 42.1 Å². The minimum Gasteiger partial charge on any atom is -0.452 e. The standard InChI is InChI=1S/C34H22ClF3N2O5/c35-24-13-12-18(34(36,37)38)15-25(24)39-26(41)16-45-33(44)17-6-5-7-19(14-17)40-31(42)29-27-20-8-1-2-9-21(20)28(30(29)32(40)43)23-11-4-3-10-22(23)27/h1-15,27-30H,16H2,(H,39,41)/t27?,28?,29-,30-/m0/s1. The van der Waals surface area contributed by atoms with Crippen molar-refractivity contribution in [3.8, 4) is 0 Å². The number of rotatable bonds is 5. The number of carbonyl (C=O) groups excluding carboxylic acids is 4. The zero-order chi connectivity index (χ0) is 31.6. The van der Waals surface area contributed by atoms with Crippen LogP contribution in [0.3, 0.4) is 0 Å². The number of imide groups is 1. The first-order valence-electron chi connectivity index (χ1n) is 14.0. The number of nitrogens with zero attached hydrogens (tertiary/aromatic N) is 1. The Balaban J connectivity index is 1.10. The lowest BCUT2D eigenvalue weighted by Crippen LogP contribution is -2.41. The fourth-order valence-electron chi connectivity index (χ4n) is 6.90. The third-order valence-electron chi connectivity index (χ3n) is 8.69. The Kier molecular flexibility index (Phi) is 6.77. The number of hydrogen-bond acceptors (Lipinski definition) is 5. The molecule has 0 spiro atoms. The highest BCUT2D eigenvalue weighted by atomic mass is 35.5. The molecule has 2 bridgehead atoms. The predicted octanol–water partition coefficient (Wildman–Crippen LogP) is 6.55. The van der Waals surface area contributed by atoms with Crippen LogP contribution in [-0.4, -0.2) is 30.3 Å². The molecule has 3 aliphatic carbocycles. The number of halogens is 4. The molecule has 2 atom stereocenters. The fraction of sp³-hybridized carbons (Fsp3) is 0.176. The summed E-state index contributed by atoms with van der Waals surface area (Å²) >= 11 is 5.92.